The summed E-state index contributed by atoms with van der Waals surface area (Å²) in [6.45, 7) is 9.93. The van der Waals surface area contributed by atoms with Gasteiger partial charge in [0.2, 0.25) is 0 Å². The number of hydrogen-bond acceptors (Lipinski definition) is 4. The summed E-state index contributed by atoms with van der Waals surface area (Å²) in [5.41, 5.74) is 0.409. The first kappa shape index (κ1) is 20.2. The zero-order valence-corrected chi connectivity index (χ0v) is 16.6. The maximum Gasteiger partial charge on any atom is 0.311 e. The first-order chi connectivity index (χ1) is 11.7. The van der Waals surface area contributed by atoms with Crippen LogP contribution in [0.2, 0.25) is 5.02 Å². The van der Waals surface area contributed by atoms with Gasteiger partial charge in [-0.3, -0.25) is 4.79 Å². The highest BCUT2D eigenvalue weighted by atomic mass is 35.5. The summed E-state index contributed by atoms with van der Waals surface area (Å²) in [5.74, 6) is -0.819. The van der Waals surface area contributed by atoms with Crippen LogP contribution in [0.25, 0.3) is 0 Å². The zero-order chi connectivity index (χ0) is 18.7. The third-order valence-electron chi connectivity index (χ3n) is 4.58. The molecule has 0 N–H and O–H groups in total. The van der Waals surface area contributed by atoms with Crippen molar-refractivity contribution in [3.63, 3.8) is 0 Å². The zero-order valence-electron chi connectivity index (χ0n) is 15.8. The normalized spacial score (nSPS) is 22.8. The standard InChI is InChI=1S/C20H29ClO4/c1-6-20(7-2)24-16(12-13-23-18(22)19(3,4)5)17(25-20)14-10-8-9-11-15(14)21/h8-11,16-17H,6-7,12-13H2,1-5H3/t16-,17-/m1/s1. The fraction of sp³-hybridized carbons (Fsp3) is 0.650. The van der Waals surface area contributed by atoms with Crippen molar-refractivity contribution >= 4 is 17.6 Å². The van der Waals surface area contributed by atoms with E-state index in [9.17, 15) is 4.79 Å². The molecule has 1 aliphatic heterocycles. The molecule has 0 unspecified atom stereocenters. The number of benzene rings is 1. The Morgan fingerprint density at radius 3 is 2.40 bits per heavy atom. The molecule has 0 amide bonds. The van der Waals surface area contributed by atoms with E-state index >= 15 is 0 Å². The maximum atomic E-state index is 12.0. The lowest BCUT2D eigenvalue weighted by atomic mass is 9.97. The van der Waals surface area contributed by atoms with Crippen molar-refractivity contribution in [2.45, 2.75) is 71.9 Å². The third kappa shape index (κ3) is 4.75. The second-order valence-corrected chi connectivity index (χ2v) is 7.92. The predicted octanol–water partition coefficient (Wildman–Crippen LogP) is 5.29. The molecular formula is C20H29ClO4. The van der Waals surface area contributed by atoms with Crippen molar-refractivity contribution in [3.8, 4) is 0 Å². The van der Waals surface area contributed by atoms with Gasteiger partial charge in [-0.1, -0.05) is 43.6 Å². The molecule has 4 nitrogen and oxygen atoms in total. The molecule has 2 rings (SSSR count). The number of carbonyl (C=O) groups excluding carboxylic acids is 1. The molecule has 1 aromatic carbocycles. The number of esters is 1. The predicted molar refractivity (Wildman–Crippen MR) is 98.5 cm³/mol. The lowest BCUT2D eigenvalue weighted by Crippen LogP contribution is -2.29. The highest BCUT2D eigenvalue weighted by Crippen LogP contribution is 2.45. The first-order valence-corrected chi connectivity index (χ1v) is 9.37. The van der Waals surface area contributed by atoms with Crippen LogP contribution in [0.5, 0.6) is 0 Å². The SMILES string of the molecule is CCC1(CC)O[C@H](c2ccccc2Cl)[C@@H](CCOC(=O)C(C)(C)C)O1. The number of carbonyl (C=O) groups is 1. The number of hydrogen-bond donors (Lipinski definition) is 0. The van der Waals surface area contributed by atoms with Gasteiger partial charge in [-0.05, 0) is 39.7 Å². The molecule has 0 spiro atoms. The van der Waals surface area contributed by atoms with Gasteiger partial charge in [0.25, 0.3) is 0 Å². The van der Waals surface area contributed by atoms with Crippen LogP contribution >= 0.6 is 11.6 Å². The Hall–Kier alpha value is -1.10. The van der Waals surface area contributed by atoms with Crippen molar-refractivity contribution < 1.29 is 19.0 Å². The summed E-state index contributed by atoms with van der Waals surface area (Å²) in [6, 6.07) is 7.66. The topological polar surface area (TPSA) is 44.8 Å². The van der Waals surface area contributed by atoms with Crippen LogP contribution in [0.15, 0.2) is 24.3 Å². The van der Waals surface area contributed by atoms with Gasteiger partial charge in [-0.15, -0.1) is 0 Å². The van der Waals surface area contributed by atoms with Crippen molar-refractivity contribution in [2.75, 3.05) is 6.61 Å². The summed E-state index contributed by atoms with van der Waals surface area (Å²) in [6.07, 6.45) is 1.61. The van der Waals surface area contributed by atoms with E-state index < -0.39 is 11.2 Å². The molecular weight excluding hydrogens is 340 g/mol. The quantitative estimate of drug-likeness (QED) is 0.640. The fourth-order valence-electron chi connectivity index (χ4n) is 2.92. The molecule has 1 aliphatic rings. The molecule has 25 heavy (non-hydrogen) atoms. The monoisotopic (exact) mass is 368 g/mol. The lowest BCUT2D eigenvalue weighted by molar-refractivity contribution is -0.181. The van der Waals surface area contributed by atoms with E-state index in [-0.39, 0.29) is 18.2 Å². The summed E-state index contributed by atoms with van der Waals surface area (Å²) in [5, 5.41) is 0.663. The molecule has 1 aromatic rings. The average molecular weight is 369 g/mol. The lowest BCUT2D eigenvalue weighted by Gasteiger charge is -2.25. The molecule has 1 fully saturated rings. The Kier molecular flexibility index (Phi) is 6.52. The first-order valence-electron chi connectivity index (χ1n) is 8.99. The van der Waals surface area contributed by atoms with Gasteiger partial charge in [-0.25, -0.2) is 0 Å². The molecule has 140 valence electrons. The van der Waals surface area contributed by atoms with Gasteiger partial charge >= 0.3 is 5.97 Å². The van der Waals surface area contributed by atoms with E-state index in [0.717, 1.165) is 18.4 Å². The van der Waals surface area contributed by atoms with E-state index in [2.05, 4.69) is 13.8 Å². The molecule has 0 aromatic heterocycles. The minimum atomic E-state index is -0.609. The third-order valence-corrected chi connectivity index (χ3v) is 4.93. The number of rotatable bonds is 6. The van der Waals surface area contributed by atoms with Crippen molar-refractivity contribution in [2.24, 2.45) is 5.41 Å². The van der Waals surface area contributed by atoms with Crippen LogP contribution in [0.1, 0.15) is 65.5 Å². The van der Waals surface area contributed by atoms with E-state index in [1.54, 1.807) is 0 Å². The number of ether oxygens (including phenoxy) is 3. The van der Waals surface area contributed by atoms with Gasteiger partial charge in [0, 0.05) is 17.0 Å². The van der Waals surface area contributed by atoms with Crippen LogP contribution in [0.4, 0.5) is 0 Å². The average Bonchev–Trinajstić information content (AvgIpc) is 2.94. The second kappa shape index (κ2) is 8.07. The van der Waals surface area contributed by atoms with Gasteiger partial charge in [0.1, 0.15) is 6.10 Å². The van der Waals surface area contributed by atoms with Gasteiger partial charge < -0.3 is 14.2 Å². The van der Waals surface area contributed by atoms with E-state index in [1.807, 2.05) is 45.0 Å². The minimum Gasteiger partial charge on any atom is -0.465 e. The van der Waals surface area contributed by atoms with Gasteiger partial charge in [0.05, 0.1) is 18.1 Å². The van der Waals surface area contributed by atoms with Crippen LogP contribution < -0.4 is 0 Å². The summed E-state index contributed by atoms with van der Waals surface area (Å²) >= 11 is 6.37. The molecule has 5 heteroatoms. The van der Waals surface area contributed by atoms with E-state index in [1.165, 1.54) is 0 Å². The van der Waals surface area contributed by atoms with E-state index in [4.69, 9.17) is 25.8 Å². The van der Waals surface area contributed by atoms with Gasteiger partial charge in [-0.2, -0.15) is 0 Å². The summed E-state index contributed by atoms with van der Waals surface area (Å²) < 4.78 is 18.0. The summed E-state index contributed by atoms with van der Waals surface area (Å²) in [4.78, 5) is 12.0. The highest BCUT2D eigenvalue weighted by Gasteiger charge is 2.46. The Morgan fingerprint density at radius 1 is 1.20 bits per heavy atom. The molecule has 0 saturated carbocycles. The largest absolute Gasteiger partial charge is 0.465 e. The smallest absolute Gasteiger partial charge is 0.311 e. The molecule has 1 saturated heterocycles. The van der Waals surface area contributed by atoms with Crippen LogP contribution in [0, 0.1) is 5.41 Å². The Balaban J connectivity index is 2.12. The van der Waals surface area contributed by atoms with Crippen LogP contribution in [-0.2, 0) is 19.0 Å². The Labute approximate surface area is 155 Å². The molecule has 0 aliphatic carbocycles. The molecule has 1 heterocycles. The second-order valence-electron chi connectivity index (χ2n) is 7.51. The summed E-state index contributed by atoms with van der Waals surface area (Å²) in [7, 11) is 0. The number of halogens is 1. The van der Waals surface area contributed by atoms with Crippen LogP contribution in [0.3, 0.4) is 0 Å². The molecule has 0 radical (unpaired) electrons. The Bertz CT molecular complexity index is 590. The van der Waals surface area contributed by atoms with Crippen LogP contribution in [-0.4, -0.2) is 24.5 Å². The highest BCUT2D eigenvalue weighted by molar-refractivity contribution is 6.31. The van der Waals surface area contributed by atoms with Crippen molar-refractivity contribution in [1.82, 2.24) is 0 Å². The maximum absolute atomic E-state index is 12.0. The fourth-order valence-corrected chi connectivity index (χ4v) is 3.16. The van der Waals surface area contributed by atoms with E-state index in [0.29, 0.717) is 18.1 Å². The van der Waals surface area contributed by atoms with Crippen molar-refractivity contribution in [1.29, 1.82) is 0 Å². The molecule has 2 atom stereocenters. The Morgan fingerprint density at radius 2 is 1.84 bits per heavy atom. The van der Waals surface area contributed by atoms with Gasteiger partial charge in [0.15, 0.2) is 5.79 Å². The molecule has 0 bridgehead atoms. The van der Waals surface area contributed by atoms with Crippen molar-refractivity contribution in [3.05, 3.63) is 34.9 Å². The minimum absolute atomic E-state index is 0.201.